The number of rotatable bonds is 2. The van der Waals surface area contributed by atoms with Crippen molar-refractivity contribution in [3.05, 3.63) is 29.8 Å². The first-order valence-electron chi connectivity index (χ1n) is 9.16. The Morgan fingerprint density at radius 1 is 1.08 bits per heavy atom. The van der Waals surface area contributed by atoms with Crippen LogP contribution in [0.5, 0.6) is 0 Å². The molecule has 1 spiro atoms. The summed E-state index contributed by atoms with van der Waals surface area (Å²) in [6, 6.07) is 9.54. The summed E-state index contributed by atoms with van der Waals surface area (Å²) in [6.07, 6.45) is 4.13. The average Bonchev–Trinajstić information content (AvgIpc) is 2.97. The van der Waals surface area contributed by atoms with Crippen LogP contribution in [-0.4, -0.2) is 55.4 Å². The molecule has 1 N–H and O–H groups in total. The van der Waals surface area contributed by atoms with Gasteiger partial charge in [0.1, 0.15) is 5.60 Å². The van der Waals surface area contributed by atoms with Crippen molar-refractivity contribution < 1.29 is 9.53 Å². The summed E-state index contributed by atoms with van der Waals surface area (Å²) < 4.78 is 5.53. The van der Waals surface area contributed by atoms with Crippen LogP contribution in [0.1, 0.15) is 31.2 Å². The van der Waals surface area contributed by atoms with Gasteiger partial charge < -0.3 is 15.0 Å². The Morgan fingerprint density at radius 2 is 1.75 bits per heavy atom. The monoisotopic (exact) mass is 329 g/mol. The number of hydrogen-bond donors (Lipinski definition) is 1. The highest BCUT2D eigenvalue weighted by Crippen LogP contribution is 2.32. The van der Waals surface area contributed by atoms with Crippen LogP contribution in [-0.2, 0) is 4.74 Å². The minimum atomic E-state index is -0.241. The first-order valence-corrected chi connectivity index (χ1v) is 9.16. The van der Waals surface area contributed by atoms with E-state index in [9.17, 15) is 4.79 Å². The predicted octanol–water partition coefficient (Wildman–Crippen LogP) is 2.54. The van der Waals surface area contributed by atoms with Crippen molar-refractivity contribution >= 4 is 11.8 Å². The molecule has 0 saturated carbocycles. The van der Waals surface area contributed by atoms with Crippen LogP contribution in [0.25, 0.3) is 0 Å². The molecule has 0 unspecified atom stereocenters. The Morgan fingerprint density at radius 3 is 2.33 bits per heavy atom. The number of carbonyl (C=O) groups excluding carboxylic acids is 1. The molecule has 130 valence electrons. The third kappa shape index (κ3) is 3.09. The molecule has 24 heavy (non-hydrogen) atoms. The van der Waals surface area contributed by atoms with Gasteiger partial charge in [-0.25, -0.2) is 4.79 Å². The van der Waals surface area contributed by atoms with Crippen molar-refractivity contribution in [2.45, 2.75) is 44.2 Å². The minimum Gasteiger partial charge on any atom is -0.441 e. The number of nitrogens with one attached hydrogen (secondary N) is 1. The van der Waals surface area contributed by atoms with E-state index < -0.39 is 0 Å². The Hall–Kier alpha value is -1.75. The van der Waals surface area contributed by atoms with E-state index in [1.165, 1.54) is 24.1 Å². The lowest BCUT2D eigenvalue weighted by Gasteiger charge is -2.44. The second kappa shape index (κ2) is 6.28. The highest BCUT2D eigenvalue weighted by atomic mass is 16.6. The molecule has 0 atom stereocenters. The number of amides is 1. The fourth-order valence-corrected chi connectivity index (χ4v) is 4.32. The molecule has 4 rings (SSSR count). The molecule has 1 aromatic carbocycles. The van der Waals surface area contributed by atoms with Crippen molar-refractivity contribution in [1.82, 2.24) is 10.2 Å². The second-order valence-electron chi connectivity index (χ2n) is 7.52. The Kier molecular flexibility index (Phi) is 4.12. The van der Waals surface area contributed by atoms with Crippen molar-refractivity contribution in [2.24, 2.45) is 0 Å². The number of anilines is 1. The fourth-order valence-electron chi connectivity index (χ4n) is 4.32. The molecule has 1 aromatic rings. The number of nitrogens with zero attached hydrogens (tertiary/aromatic N) is 2. The van der Waals surface area contributed by atoms with E-state index in [0.29, 0.717) is 12.6 Å². The predicted molar refractivity (Wildman–Crippen MR) is 94.4 cm³/mol. The van der Waals surface area contributed by atoms with Crippen molar-refractivity contribution in [2.75, 3.05) is 37.6 Å². The van der Waals surface area contributed by atoms with Gasteiger partial charge in [-0.2, -0.15) is 0 Å². The summed E-state index contributed by atoms with van der Waals surface area (Å²) in [7, 11) is 0. The number of ether oxygens (including phenoxy) is 1. The van der Waals surface area contributed by atoms with Gasteiger partial charge in [-0.3, -0.25) is 4.90 Å². The molecular formula is C19H27N3O2. The average molecular weight is 329 g/mol. The molecule has 3 aliphatic rings. The molecule has 0 radical (unpaired) electrons. The number of piperidine rings is 2. The molecule has 0 bridgehead atoms. The van der Waals surface area contributed by atoms with Gasteiger partial charge in [-0.1, -0.05) is 17.7 Å². The molecule has 0 aromatic heterocycles. The summed E-state index contributed by atoms with van der Waals surface area (Å²) in [6.45, 7) is 7.17. The number of likely N-dealkylation sites (tertiary alicyclic amines) is 1. The number of carbonyl (C=O) groups is 1. The first kappa shape index (κ1) is 15.8. The lowest BCUT2D eigenvalue weighted by molar-refractivity contribution is -0.0125. The fraction of sp³-hybridized carbons (Fsp3) is 0.632. The highest BCUT2D eigenvalue weighted by Gasteiger charge is 2.43. The van der Waals surface area contributed by atoms with E-state index in [0.717, 1.165) is 39.0 Å². The maximum absolute atomic E-state index is 11.3. The zero-order valence-corrected chi connectivity index (χ0v) is 14.5. The van der Waals surface area contributed by atoms with Crippen LogP contribution in [0.4, 0.5) is 10.5 Å². The zero-order chi connectivity index (χ0) is 16.6. The summed E-state index contributed by atoms with van der Waals surface area (Å²) >= 11 is 0. The number of benzene rings is 1. The lowest BCUT2D eigenvalue weighted by atomic mass is 9.89. The highest BCUT2D eigenvalue weighted by molar-refractivity contribution is 5.70. The van der Waals surface area contributed by atoms with Crippen molar-refractivity contribution in [3.63, 3.8) is 0 Å². The van der Waals surface area contributed by atoms with E-state index >= 15 is 0 Å². The van der Waals surface area contributed by atoms with Gasteiger partial charge in [0.05, 0.1) is 6.54 Å². The van der Waals surface area contributed by atoms with Crippen LogP contribution in [0, 0.1) is 6.92 Å². The second-order valence-corrected chi connectivity index (χ2v) is 7.52. The molecule has 5 nitrogen and oxygen atoms in total. The molecule has 0 aliphatic carbocycles. The van der Waals surface area contributed by atoms with E-state index in [-0.39, 0.29) is 11.7 Å². The summed E-state index contributed by atoms with van der Waals surface area (Å²) in [4.78, 5) is 16.5. The van der Waals surface area contributed by atoms with Gasteiger partial charge in [0.25, 0.3) is 0 Å². The Labute approximate surface area is 144 Å². The number of alkyl carbamates (subject to hydrolysis) is 1. The van der Waals surface area contributed by atoms with Gasteiger partial charge in [0.2, 0.25) is 0 Å². The minimum absolute atomic E-state index is 0.226. The standard InChI is InChI=1S/C19H27N3O2/c1-15-2-4-16(5-3-15)21-10-6-17(7-11-21)22-12-8-19(9-13-22)14-20-18(23)24-19/h2-5,17H,6-14H2,1H3,(H,20,23). The van der Waals surface area contributed by atoms with Crippen LogP contribution in [0.3, 0.4) is 0 Å². The normalized spacial score (nSPS) is 24.9. The molecule has 5 heteroatoms. The molecular weight excluding hydrogens is 302 g/mol. The molecule has 3 aliphatic heterocycles. The molecule has 3 fully saturated rings. The van der Waals surface area contributed by atoms with Crippen molar-refractivity contribution in [3.8, 4) is 0 Å². The van der Waals surface area contributed by atoms with E-state index in [2.05, 4.69) is 46.3 Å². The van der Waals surface area contributed by atoms with Crippen LogP contribution >= 0.6 is 0 Å². The lowest BCUT2D eigenvalue weighted by Crippen LogP contribution is -2.52. The Bertz CT molecular complexity index is 585. The zero-order valence-electron chi connectivity index (χ0n) is 14.5. The van der Waals surface area contributed by atoms with Crippen molar-refractivity contribution in [1.29, 1.82) is 0 Å². The van der Waals surface area contributed by atoms with E-state index in [4.69, 9.17) is 4.74 Å². The summed E-state index contributed by atoms with van der Waals surface area (Å²) in [5, 5.41) is 2.82. The third-order valence-electron chi connectivity index (χ3n) is 5.95. The van der Waals surface area contributed by atoms with E-state index in [1.807, 2.05) is 0 Å². The SMILES string of the molecule is Cc1ccc(N2CCC(N3CCC4(CC3)CNC(=O)O4)CC2)cc1. The van der Waals surface area contributed by atoms with Gasteiger partial charge in [-0.05, 0) is 31.9 Å². The largest absolute Gasteiger partial charge is 0.441 e. The van der Waals surface area contributed by atoms with Crippen LogP contribution in [0.2, 0.25) is 0 Å². The van der Waals surface area contributed by atoms with Crippen LogP contribution < -0.4 is 10.2 Å². The summed E-state index contributed by atoms with van der Waals surface area (Å²) in [5.41, 5.74) is 2.44. The van der Waals surface area contributed by atoms with E-state index in [1.54, 1.807) is 0 Å². The maximum atomic E-state index is 11.3. The smallest absolute Gasteiger partial charge is 0.407 e. The van der Waals surface area contributed by atoms with Gasteiger partial charge in [0, 0.05) is 50.7 Å². The maximum Gasteiger partial charge on any atom is 0.407 e. The number of aryl methyl sites for hydroxylation is 1. The molecule has 3 heterocycles. The molecule has 1 amide bonds. The van der Waals surface area contributed by atoms with Gasteiger partial charge in [-0.15, -0.1) is 0 Å². The van der Waals surface area contributed by atoms with Gasteiger partial charge >= 0.3 is 6.09 Å². The number of hydrogen-bond acceptors (Lipinski definition) is 4. The third-order valence-corrected chi connectivity index (χ3v) is 5.95. The molecule has 3 saturated heterocycles. The topological polar surface area (TPSA) is 44.8 Å². The summed E-state index contributed by atoms with van der Waals surface area (Å²) in [5.74, 6) is 0. The van der Waals surface area contributed by atoms with Gasteiger partial charge in [0.15, 0.2) is 0 Å². The Balaban J connectivity index is 1.29. The quantitative estimate of drug-likeness (QED) is 0.906. The first-order chi connectivity index (χ1) is 11.6. The van der Waals surface area contributed by atoms with Crippen LogP contribution in [0.15, 0.2) is 24.3 Å².